The van der Waals surface area contributed by atoms with E-state index < -0.39 is 17.4 Å². The lowest BCUT2D eigenvalue weighted by Crippen LogP contribution is -2.60. The first kappa shape index (κ1) is 11.3. The zero-order valence-electron chi connectivity index (χ0n) is 10.4. The minimum Gasteiger partial charge on any atom is -0.345 e. The lowest BCUT2D eigenvalue weighted by molar-refractivity contribution is -0.142. The fraction of sp³-hybridized carbons (Fsp3) is 0.429. The third kappa shape index (κ3) is 1.68. The molecule has 1 fully saturated rings. The van der Waals surface area contributed by atoms with Crippen molar-refractivity contribution in [1.82, 2.24) is 10.6 Å². The van der Waals surface area contributed by atoms with Gasteiger partial charge in [-0.1, -0.05) is 18.2 Å². The molecule has 4 heteroatoms. The fourth-order valence-corrected chi connectivity index (χ4v) is 2.78. The number of fused-ring (bicyclic) bond motifs is 1. The molecule has 0 bridgehead atoms. The quantitative estimate of drug-likeness (QED) is 0.712. The summed E-state index contributed by atoms with van der Waals surface area (Å²) < 4.78 is 0. The minimum atomic E-state index is -0.552. The van der Waals surface area contributed by atoms with Gasteiger partial charge >= 0.3 is 11.8 Å². The maximum Gasteiger partial charge on any atom is 0.310 e. The molecule has 1 atom stereocenters. The number of carbonyl (C=O) groups excluding carboxylic acids is 2. The van der Waals surface area contributed by atoms with Gasteiger partial charge in [0.25, 0.3) is 0 Å². The average Bonchev–Trinajstić information content (AvgIpc) is 2.81. The number of hydrogen-bond acceptors (Lipinski definition) is 2. The molecule has 1 aromatic carbocycles. The second-order valence-electron chi connectivity index (χ2n) is 5.31. The Hall–Kier alpha value is -1.84. The number of piperazine rings is 1. The Morgan fingerprint density at radius 1 is 1.11 bits per heavy atom. The molecule has 18 heavy (non-hydrogen) atoms. The van der Waals surface area contributed by atoms with E-state index in [1.54, 1.807) is 0 Å². The SMILES string of the molecule is CC1(c2ccc3c(c2)CCC3)CNC(=O)C(=O)N1. The van der Waals surface area contributed by atoms with Crippen LogP contribution < -0.4 is 10.6 Å². The predicted octanol–water partition coefficient (Wildman–Crippen LogP) is 0.637. The molecule has 0 aromatic heterocycles. The van der Waals surface area contributed by atoms with Gasteiger partial charge in [-0.3, -0.25) is 9.59 Å². The van der Waals surface area contributed by atoms with E-state index in [2.05, 4.69) is 28.8 Å². The van der Waals surface area contributed by atoms with Crippen LogP contribution in [0.4, 0.5) is 0 Å². The van der Waals surface area contributed by atoms with Crippen molar-refractivity contribution in [2.24, 2.45) is 0 Å². The molecule has 1 aromatic rings. The van der Waals surface area contributed by atoms with Crippen LogP contribution in [0.5, 0.6) is 0 Å². The van der Waals surface area contributed by atoms with Crippen LogP contribution in [0.1, 0.15) is 30.0 Å². The number of carbonyl (C=O) groups is 2. The van der Waals surface area contributed by atoms with E-state index in [0.717, 1.165) is 18.4 Å². The van der Waals surface area contributed by atoms with E-state index >= 15 is 0 Å². The maximum absolute atomic E-state index is 11.5. The van der Waals surface area contributed by atoms with Crippen LogP contribution in [0.2, 0.25) is 0 Å². The van der Waals surface area contributed by atoms with Crippen LogP contribution in [0.25, 0.3) is 0 Å². The molecule has 1 aliphatic carbocycles. The van der Waals surface area contributed by atoms with Crippen molar-refractivity contribution in [2.45, 2.75) is 31.7 Å². The summed E-state index contributed by atoms with van der Waals surface area (Å²) in [5, 5.41) is 5.44. The number of aryl methyl sites for hydroxylation is 2. The smallest absolute Gasteiger partial charge is 0.310 e. The molecule has 2 amide bonds. The minimum absolute atomic E-state index is 0.441. The Labute approximate surface area is 106 Å². The van der Waals surface area contributed by atoms with Crippen molar-refractivity contribution in [3.8, 4) is 0 Å². The van der Waals surface area contributed by atoms with Crippen molar-refractivity contribution in [3.05, 3.63) is 34.9 Å². The molecule has 4 nitrogen and oxygen atoms in total. The van der Waals surface area contributed by atoms with E-state index in [1.807, 2.05) is 6.92 Å². The number of benzene rings is 1. The summed E-state index contributed by atoms with van der Waals surface area (Å²) >= 11 is 0. The third-order valence-electron chi connectivity index (χ3n) is 3.93. The van der Waals surface area contributed by atoms with E-state index in [-0.39, 0.29) is 0 Å². The number of hydrogen-bond donors (Lipinski definition) is 2. The van der Waals surface area contributed by atoms with Crippen molar-refractivity contribution < 1.29 is 9.59 Å². The molecular weight excluding hydrogens is 228 g/mol. The molecule has 1 saturated heterocycles. The highest BCUT2D eigenvalue weighted by Crippen LogP contribution is 2.28. The second kappa shape index (κ2) is 3.83. The zero-order valence-corrected chi connectivity index (χ0v) is 10.4. The predicted molar refractivity (Wildman–Crippen MR) is 67.0 cm³/mol. The normalized spacial score (nSPS) is 26.5. The molecule has 0 spiro atoms. The zero-order chi connectivity index (χ0) is 12.8. The molecule has 1 aliphatic heterocycles. The number of nitrogens with one attached hydrogen (secondary N) is 2. The van der Waals surface area contributed by atoms with E-state index in [1.165, 1.54) is 17.5 Å². The van der Waals surface area contributed by atoms with Crippen molar-refractivity contribution in [1.29, 1.82) is 0 Å². The van der Waals surface area contributed by atoms with E-state index in [4.69, 9.17) is 0 Å². The molecule has 2 aliphatic rings. The highest BCUT2D eigenvalue weighted by Gasteiger charge is 2.36. The van der Waals surface area contributed by atoms with Gasteiger partial charge in [-0.25, -0.2) is 0 Å². The Morgan fingerprint density at radius 2 is 1.89 bits per heavy atom. The van der Waals surface area contributed by atoms with Gasteiger partial charge in [-0.2, -0.15) is 0 Å². The summed E-state index contributed by atoms with van der Waals surface area (Å²) in [4.78, 5) is 22.7. The molecular formula is C14H16N2O2. The van der Waals surface area contributed by atoms with Gasteiger partial charge in [-0.15, -0.1) is 0 Å². The third-order valence-corrected chi connectivity index (χ3v) is 3.93. The summed E-state index contributed by atoms with van der Waals surface area (Å²) in [5.74, 6) is -1.10. The first-order valence-corrected chi connectivity index (χ1v) is 6.31. The van der Waals surface area contributed by atoms with Crippen LogP contribution in [0.3, 0.4) is 0 Å². The van der Waals surface area contributed by atoms with Gasteiger partial charge in [0.2, 0.25) is 0 Å². The van der Waals surface area contributed by atoms with Crippen molar-refractivity contribution in [2.75, 3.05) is 6.54 Å². The summed E-state index contributed by atoms with van der Waals surface area (Å²) in [6.07, 6.45) is 3.47. The summed E-state index contributed by atoms with van der Waals surface area (Å²) in [6.45, 7) is 2.39. The largest absolute Gasteiger partial charge is 0.345 e. The summed E-state index contributed by atoms with van der Waals surface area (Å²) in [7, 11) is 0. The van der Waals surface area contributed by atoms with Crippen molar-refractivity contribution >= 4 is 11.8 Å². The standard InChI is InChI=1S/C14H16N2O2/c1-14(8-15-12(17)13(18)16-14)11-6-5-9-3-2-4-10(9)7-11/h5-7H,2-4,8H2,1H3,(H,15,17)(H,16,18). The first-order valence-electron chi connectivity index (χ1n) is 6.31. The van der Waals surface area contributed by atoms with Crippen LogP contribution in [-0.4, -0.2) is 18.4 Å². The monoisotopic (exact) mass is 244 g/mol. The highest BCUT2D eigenvalue weighted by atomic mass is 16.2. The molecule has 1 heterocycles. The van der Waals surface area contributed by atoms with E-state index in [9.17, 15) is 9.59 Å². The Bertz CT molecular complexity index is 539. The number of amides is 2. The summed E-state index contributed by atoms with van der Waals surface area (Å²) in [5.41, 5.74) is 3.35. The van der Waals surface area contributed by atoms with Gasteiger partial charge in [0.15, 0.2) is 0 Å². The Kier molecular flexibility index (Phi) is 2.40. The van der Waals surface area contributed by atoms with Gasteiger partial charge < -0.3 is 10.6 Å². The van der Waals surface area contributed by atoms with Crippen LogP contribution in [0.15, 0.2) is 18.2 Å². The molecule has 1 unspecified atom stereocenters. The number of rotatable bonds is 1. The van der Waals surface area contributed by atoms with Crippen LogP contribution in [0, 0.1) is 0 Å². The fourth-order valence-electron chi connectivity index (χ4n) is 2.78. The maximum atomic E-state index is 11.5. The molecule has 94 valence electrons. The average molecular weight is 244 g/mol. The van der Waals surface area contributed by atoms with Gasteiger partial charge in [0.1, 0.15) is 0 Å². The first-order chi connectivity index (χ1) is 8.58. The molecule has 2 N–H and O–H groups in total. The topological polar surface area (TPSA) is 58.2 Å². The Balaban J connectivity index is 1.94. The molecule has 0 radical (unpaired) electrons. The Morgan fingerprint density at radius 3 is 2.67 bits per heavy atom. The van der Waals surface area contributed by atoms with Crippen molar-refractivity contribution in [3.63, 3.8) is 0 Å². The molecule has 0 saturated carbocycles. The lowest BCUT2D eigenvalue weighted by atomic mass is 9.88. The highest BCUT2D eigenvalue weighted by molar-refractivity contribution is 6.35. The second-order valence-corrected chi connectivity index (χ2v) is 5.31. The summed E-state index contributed by atoms with van der Waals surface area (Å²) in [6, 6.07) is 6.37. The van der Waals surface area contributed by atoms with Gasteiger partial charge in [0.05, 0.1) is 5.54 Å². The van der Waals surface area contributed by atoms with E-state index in [0.29, 0.717) is 6.54 Å². The van der Waals surface area contributed by atoms with Crippen LogP contribution >= 0.6 is 0 Å². The van der Waals surface area contributed by atoms with Gasteiger partial charge in [-0.05, 0) is 42.9 Å². The lowest BCUT2D eigenvalue weighted by Gasteiger charge is -2.35. The van der Waals surface area contributed by atoms with Crippen LogP contribution in [-0.2, 0) is 28.0 Å². The molecule has 3 rings (SSSR count). The van der Waals surface area contributed by atoms with Gasteiger partial charge in [0, 0.05) is 6.54 Å².